The van der Waals surface area contributed by atoms with Crippen molar-refractivity contribution in [2.75, 3.05) is 0 Å². The summed E-state index contributed by atoms with van der Waals surface area (Å²) in [6.07, 6.45) is 5.27. The third-order valence-electron chi connectivity index (χ3n) is 2.76. The van der Waals surface area contributed by atoms with Gasteiger partial charge in [-0.15, -0.1) is 5.16 Å². The Morgan fingerprint density at radius 1 is 1.35 bits per heavy atom. The van der Waals surface area contributed by atoms with Gasteiger partial charge in [-0.2, -0.15) is 0 Å². The SMILES string of the molecule is CCCCCC(C=NO)C(=O)c1ccccc1. The first kappa shape index (κ1) is 13.4. The van der Waals surface area contributed by atoms with Crippen molar-refractivity contribution in [2.45, 2.75) is 32.6 Å². The number of rotatable bonds is 7. The second kappa shape index (κ2) is 7.60. The highest BCUT2D eigenvalue weighted by atomic mass is 16.4. The smallest absolute Gasteiger partial charge is 0.171 e. The molecule has 1 aromatic rings. The predicted molar refractivity (Wildman–Crippen MR) is 68.7 cm³/mol. The zero-order chi connectivity index (χ0) is 12.5. The zero-order valence-corrected chi connectivity index (χ0v) is 10.2. The molecule has 0 saturated heterocycles. The molecule has 0 bridgehead atoms. The van der Waals surface area contributed by atoms with Gasteiger partial charge in [0.2, 0.25) is 0 Å². The Bertz CT molecular complexity index is 360. The van der Waals surface area contributed by atoms with E-state index in [2.05, 4.69) is 12.1 Å². The van der Waals surface area contributed by atoms with Crippen LogP contribution < -0.4 is 0 Å². The number of nitrogens with zero attached hydrogens (tertiary/aromatic N) is 1. The standard InChI is InChI=1S/C14H19NO2/c1-2-3-5-10-13(11-15-17)14(16)12-8-6-4-7-9-12/h4,6-9,11,13,17H,2-3,5,10H2,1H3. The average molecular weight is 233 g/mol. The van der Waals surface area contributed by atoms with Gasteiger partial charge < -0.3 is 5.21 Å². The molecule has 0 radical (unpaired) electrons. The van der Waals surface area contributed by atoms with Crippen LogP contribution in [-0.4, -0.2) is 17.2 Å². The fraction of sp³-hybridized carbons (Fsp3) is 0.429. The molecule has 0 saturated carbocycles. The fourth-order valence-electron chi connectivity index (χ4n) is 1.78. The molecular weight excluding hydrogens is 214 g/mol. The molecule has 0 amide bonds. The monoisotopic (exact) mass is 233 g/mol. The molecule has 0 fully saturated rings. The van der Waals surface area contributed by atoms with E-state index in [1.165, 1.54) is 6.21 Å². The topological polar surface area (TPSA) is 49.7 Å². The van der Waals surface area contributed by atoms with Crippen LogP contribution in [0.1, 0.15) is 43.0 Å². The quantitative estimate of drug-likeness (QED) is 0.257. The van der Waals surface area contributed by atoms with E-state index < -0.39 is 0 Å². The number of benzene rings is 1. The van der Waals surface area contributed by atoms with Gasteiger partial charge in [0, 0.05) is 5.56 Å². The lowest BCUT2D eigenvalue weighted by Gasteiger charge is -2.10. The van der Waals surface area contributed by atoms with Crippen molar-refractivity contribution in [3.63, 3.8) is 0 Å². The van der Waals surface area contributed by atoms with E-state index in [1.54, 1.807) is 12.1 Å². The van der Waals surface area contributed by atoms with Crippen molar-refractivity contribution >= 4 is 12.0 Å². The molecule has 1 aromatic carbocycles. The number of ketones is 1. The molecule has 0 spiro atoms. The van der Waals surface area contributed by atoms with Crippen molar-refractivity contribution < 1.29 is 10.0 Å². The molecule has 0 aliphatic rings. The second-order valence-electron chi connectivity index (χ2n) is 4.10. The van der Waals surface area contributed by atoms with E-state index in [0.29, 0.717) is 5.56 Å². The van der Waals surface area contributed by atoms with Crippen LogP contribution in [0, 0.1) is 5.92 Å². The van der Waals surface area contributed by atoms with E-state index in [9.17, 15) is 4.79 Å². The number of carbonyl (C=O) groups excluding carboxylic acids is 1. The van der Waals surface area contributed by atoms with Crippen molar-refractivity contribution in [3.05, 3.63) is 35.9 Å². The van der Waals surface area contributed by atoms with E-state index in [-0.39, 0.29) is 11.7 Å². The Balaban J connectivity index is 2.67. The molecule has 1 N–H and O–H groups in total. The summed E-state index contributed by atoms with van der Waals surface area (Å²) >= 11 is 0. The largest absolute Gasteiger partial charge is 0.411 e. The van der Waals surface area contributed by atoms with Gasteiger partial charge in [-0.25, -0.2) is 0 Å². The first-order valence-corrected chi connectivity index (χ1v) is 6.06. The molecule has 0 aliphatic carbocycles. The van der Waals surface area contributed by atoms with Crippen LogP contribution in [0.4, 0.5) is 0 Å². The van der Waals surface area contributed by atoms with Gasteiger partial charge in [-0.05, 0) is 6.42 Å². The number of hydrogen-bond donors (Lipinski definition) is 1. The van der Waals surface area contributed by atoms with Gasteiger partial charge in [0.15, 0.2) is 5.78 Å². The predicted octanol–water partition coefficient (Wildman–Crippen LogP) is 3.53. The lowest BCUT2D eigenvalue weighted by Crippen LogP contribution is -2.16. The van der Waals surface area contributed by atoms with E-state index in [0.717, 1.165) is 25.7 Å². The van der Waals surface area contributed by atoms with Crippen molar-refractivity contribution in [2.24, 2.45) is 11.1 Å². The molecule has 0 aliphatic heterocycles. The normalized spacial score (nSPS) is 12.8. The minimum absolute atomic E-state index is 0.0273. The first-order valence-electron chi connectivity index (χ1n) is 6.06. The van der Waals surface area contributed by atoms with Gasteiger partial charge in [0.25, 0.3) is 0 Å². The minimum atomic E-state index is -0.311. The van der Waals surface area contributed by atoms with E-state index in [4.69, 9.17) is 5.21 Å². The van der Waals surface area contributed by atoms with Gasteiger partial charge in [-0.3, -0.25) is 4.79 Å². The van der Waals surface area contributed by atoms with Crippen LogP contribution in [0.25, 0.3) is 0 Å². The molecule has 1 unspecified atom stereocenters. The van der Waals surface area contributed by atoms with Crippen LogP contribution in [0.15, 0.2) is 35.5 Å². The number of carbonyl (C=O) groups is 1. The Hall–Kier alpha value is -1.64. The summed E-state index contributed by atoms with van der Waals surface area (Å²) < 4.78 is 0. The van der Waals surface area contributed by atoms with Crippen LogP contribution in [0.2, 0.25) is 0 Å². The maximum atomic E-state index is 12.1. The molecule has 3 nitrogen and oxygen atoms in total. The van der Waals surface area contributed by atoms with Crippen LogP contribution in [0.3, 0.4) is 0 Å². The lowest BCUT2D eigenvalue weighted by atomic mass is 9.93. The van der Waals surface area contributed by atoms with E-state index in [1.807, 2.05) is 18.2 Å². The summed E-state index contributed by atoms with van der Waals surface area (Å²) in [6, 6.07) is 9.14. The van der Waals surface area contributed by atoms with Gasteiger partial charge in [-0.1, -0.05) is 56.5 Å². The first-order chi connectivity index (χ1) is 8.29. The lowest BCUT2D eigenvalue weighted by molar-refractivity contribution is 0.0949. The van der Waals surface area contributed by atoms with Crippen molar-refractivity contribution in [1.29, 1.82) is 0 Å². The minimum Gasteiger partial charge on any atom is -0.411 e. The summed E-state index contributed by atoms with van der Waals surface area (Å²) in [6.45, 7) is 2.12. The molecule has 0 heterocycles. The van der Waals surface area contributed by atoms with Crippen molar-refractivity contribution in [3.8, 4) is 0 Å². The molecule has 1 atom stereocenters. The summed E-state index contributed by atoms with van der Waals surface area (Å²) in [5, 5.41) is 11.6. The van der Waals surface area contributed by atoms with Gasteiger partial charge >= 0.3 is 0 Å². The van der Waals surface area contributed by atoms with Crippen molar-refractivity contribution in [1.82, 2.24) is 0 Å². The van der Waals surface area contributed by atoms with Crippen LogP contribution in [-0.2, 0) is 0 Å². The molecular formula is C14H19NO2. The summed E-state index contributed by atoms with van der Waals surface area (Å²) in [5.74, 6) is -0.284. The third kappa shape index (κ3) is 4.39. The highest BCUT2D eigenvalue weighted by Gasteiger charge is 2.17. The Morgan fingerprint density at radius 3 is 2.65 bits per heavy atom. The number of Topliss-reactive ketones (excluding diaryl/α,β-unsaturated/α-hetero) is 1. The third-order valence-corrected chi connectivity index (χ3v) is 2.76. The molecule has 3 heteroatoms. The molecule has 0 aromatic heterocycles. The number of hydrogen-bond acceptors (Lipinski definition) is 3. The molecule has 17 heavy (non-hydrogen) atoms. The van der Waals surface area contributed by atoms with E-state index >= 15 is 0 Å². The van der Waals surface area contributed by atoms with Gasteiger partial charge in [0.05, 0.1) is 12.1 Å². The van der Waals surface area contributed by atoms with Gasteiger partial charge in [0.1, 0.15) is 0 Å². The average Bonchev–Trinajstić information content (AvgIpc) is 2.38. The molecule has 92 valence electrons. The summed E-state index contributed by atoms with van der Waals surface area (Å²) in [4.78, 5) is 12.1. The highest BCUT2D eigenvalue weighted by Crippen LogP contribution is 2.14. The Kier molecular flexibility index (Phi) is 6.00. The number of oxime groups is 1. The maximum Gasteiger partial charge on any atom is 0.171 e. The summed E-state index contributed by atoms with van der Waals surface area (Å²) in [7, 11) is 0. The zero-order valence-electron chi connectivity index (χ0n) is 10.2. The Labute approximate surface area is 102 Å². The highest BCUT2D eigenvalue weighted by molar-refractivity contribution is 6.05. The summed E-state index contributed by atoms with van der Waals surface area (Å²) in [5.41, 5.74) is 0.675. The number of unbranched alkanes of at least 4 members (excludes halogenated alkanes) is 2. The Morgan fingerprint density at radius 2 is 2.06 bits per heavy atom. The van der Waals surface area contributed by atoms with Crippen LogP contribution >= 0.6 is 0 Å². The maximum absolute atomic E-state index is 12.1. The second-order valence-corrected chi connectivity index (χ2v) is 4.10. The molecule has 1 rings (SSSR count). The van der Waals surface area contributed by atoms with Crippen LogP contribution in [0.5, 0.6) is 0 Å². The fourth-order valence-corrected chi connectivity index (χ4v) is 1.78.